The van der Waals surface area contributed by atoms with Gasteiger partial charge in [0.15, 0.2) is 0 Å². The number of rotatable bonds is 2. The summed E-state index contributed by atoms with van der Waals surface area (Å²) >= 11 is 0. The molecule has 0 fully saturated rings. The summed E-state index contributed by atoms with van der Waals surface area (Å²) in [6.07, 6.45) is 0. The van der Waals surface area contributed by atoms with E-state index in [-0.39, 0.29) is 0 Å². The maximum atomic E-state index is 8.74. The van der Waals surface area contributed by atoms with Gasteiger partial charge in [-0.3, -0.25) is 9.11 Å². The van der Waals surface area contributed by atoms with Crippen LogP contribution in [0.3, 0.4) is 0 Å². The molecule has 0 unspecified atom stereocenters. The Balaban J connectivity index is 0.000000182. The first kappa shape index (κ1) is 23.7. The monoisotopic (exact) mass is 444 g/mol. The zero-order chi connectivity index (χ0) is 23.0. The summed E-state index contributed by atoms with van der Waals surface area (Å²) < 4.78 is 41.8. The van der Waals surface area contributed by atoms with Crippen molar-refractivity contribution in [1.29, 1.82) is 0 Å². The smallest absolute Gasteiger partial charge is 0.394 e. The molecule has 0 heterocycles. The van der Waals surface area contributed by atoms with Gasteiger partial charge < -0.3 is 20.9 Å². The van der Waals surface area contributed by atoms with Crippen LogP contribution in [0, 0.1) is 0 Å². The molecular formula is C22H24N2O6S. The largest absolute Gasteiger partial charge is 0.497 e. The Morgan fingerprint density at radius 2 is 1.03 bits per heavy atom. The highest BCUT2D eigenvalue weighted by Crippen LogP contribution is 2.25. The van der Waals surface area contributed by atoms with Gasteiger partial charge >= 0.3 is 10.4 Å². The van der Waals surface area contributed by atoms with Crippen LogP contribution in [0.15, 0.2) is 72.8 Å². The maximum Gasteiger partial charge on any atom is 0.394 e. The Labute approximate surface area is 180 Å². The van der Waals surface area contributed by atoms with Crippen molar-refractivity contribution in [2.75, 3.05) is 25.7 Å². The normalized spacial score (nSPS) is 10.5. The average Bonchev–Trinajstić information content (AvgIpc) is 2.73. The summed E-state index contributed by atoms with van der Waals surface area (Å²) in [5.74, 6) is 1.72. The second kappa shape index (κ2) is 10.5. The average molecular weight is 445 g/mol. The molecule has 6 N–H and O–H groups in total. The van der Waals surface area contributed by atoms with E-state index in [0.29, 0.717) is 0 Å². The Hall–Kier alpha value is -3.53. The third-order valence-corrected chi connectivity index (χ3v) is 4.24. The van der Waals surface area contributed by atoms with E-state index in [1.807, 2.05) is 72.8 Å². The molecule has 9 heteroatoms. The van der Waals surface area contributed by atoms with Gasteiger partial charge in [0.05, 0.1) is 14.2 Å². The van der Waals surface area contributed by atoms with Gasteiger partial charge in [0, 0.05) is 22.1 Å². The summed E-state index contributed by atoms with van der Waals surface area (Å²) in [5, 5.41) is 4.37. The van der Waals surface area contributed by atoms with Crippen molar-refractivity contribution in [3.05, 3.63) is 72.8 Å². The van der Waals surface area contributed by atoms with Gasteiger partial charge in [0.2, 0.25) is 0 Å². The quantitative estimate of drug-likeness (QED) is 0.266. The number of benzene rings is 4. The van der Waals surface area contributed by atoms with E-state index in [1.54, 1.807) is 14.2 Å². The Kier molecular flexibility index (Phi) is 8.03. The summed E-state index contributed by atoms with van der Waals surface area (Å²) in [5.41, 5.74) is 13.2. The molecule has 0 aromatic heterocycles. The molecule has 0 saturated heterocycles. The van der Waals surface area contributed by atoms with E-state index < -0.39 is 10.4 Å². The zero-order valence-corrected chi connectivity index (χ0v) is 17.8. The number of hydrogen-bond donors (Lipinski definition) is 4. The van der Waals surface area contributed by atoms with Gasteiger partial charge in [0.1, 0.15) is 11.5 Å². The lowest BCUT2D eigenvalue weighted by Crippen LogP contribution is -1.89. The summed E-state index contributed by atoms with van der Waals surface area (Å²) in [7, 11) is -1.35. The Morgan fingerprint density at radius 1 is 0.677 bits per heavy atom. The lowest BCUT2D eigenvalue weighted by molar-refractivity contribution is 0.381. The van der Waals surface area contributed by atoms with Crippen LogP contribution in [0.25, 0.3) is 21.5 Å². The van der Waals surface area contributed by atoms with Crippen LogP contribution in [-0.2, 0) is 10.4 Å². The number of hydrogen-bond acceptors (Lipinski definition) is 6. The first-order valence-corrected chi connectivity index (χ1v) is 10.4. The lowest BCUT2D eigenvalue weighted by Gasteiger charge is -2.03. The number of ether oxygens (including phenoxy) is 2. The molecule has 4 aromatic carbocycles. The molecule has 31 heavy (non-hydrogen) atoms. The van der Waals surface area contributed by atoms with Crippen LogP contribution in [0.4, 0.5) is 11.4 Å². The molecule has 4 aromatic rings. The van der Waals surface area contributed by atoms with Crippen molar-refractivity contribution >= 4 is 43.3 Å². The molecule has 0 radical (unpaired) electrons. The number of methoxy groups -OCH3 is 2. The molecule has 0 amide bonds. The first-order chi connectivity index (χ1) is 14.6. The van der Waals surface area contributed by atoms with Crippen molar-refractivity contribution in [3.8, 4) is 11.5 Å². The number of nitrogens with two attached hydrogens (primary N) is 2. The molecule has 0 aliphatic heterocycles. The molecule has 0 aliphatic rings. The minimum absolute atomic E-state index is 0.806. The SMILES string of the molecule is COc1ccc2c(N)cccc2c1.COc1ccc2c(N)cccc2c1.O=S(=O)(O)O. The van der Waals surface area contributed by atoms with Gasteiger partial charge in [-0.05, 0) is 59.3 Å². The molecule has 164 valence electrons. The molecular weight excluding hydrogens is 420 g/mol. The minimum Gasteiger partial charge on any atom is -0.497 e. The van der Waals surface area contributed by atoms with Crippen LogP contribution >= 0.6 is 0 Å². The van der Waals surface area contributed by atoms with E-state index in [2.05, 4.69) is 0 Å². The molecule has 0 saturated carbocycles. The molecule has 4 rings (SSSR count). The van der Waals surface area contributed by atoms with Gasteiger partial charge in [-0.2, -0.15) is 8.42 Å². The van der Waals surface area contributed by atoms with Crippen LogP contribution in [0.5, 0.6) is 11.5 Å². The highest BCUT2D eigenvalue weighted by Gasteiger charge is 1.99. The fourth-order valence-electron chi connectivity index (χ4n) is 2.83. The maximum absolute atomic E-state index is 8.74. The molecule has 8 nitrogen and oxygen atoms in total. The van der Waals surface area contributed by atoms with Crippen LogP contribution < -0.4 is 20.9 Å². The van der Waals surface area contributed by atoms with Crippen LogP contribution in [-0.4, -0.2) is 31.7 Å². The zero-order valence-electron chi connectivity index (χ0n) is 17.0. The Morgan fingerprint density at radius 3 is 1.35 bits per heavy atom. The van der Waals surface area contributed by atoms with Gasteiger partial charge in [0.25, 0.3) is 0 Å². The van der Waals surface area contributed by atoms with Gasteiger partial charge in [-0.1, -0.05) is 24.3 Å². The van der Waals surface area contributed by atoms with Crippen molar-refractivity contribution in [1.82, 2.24) is 0 Å². The topological polar surface area (TPSA) is 145 Å². The second-order valence-corrected chi connectivity index (χ2v) is 7.21. The van der Waals surface area contributed by atoms with Crippen molar-refractivity contribution in [2.45, 2.75) is 0 Å². The highest BCUT2D eigenvalue weighted by atomic mass is 32.3. The molecule has 0 atom stereocenters. The van der Waals surface area contributed by atoms with E-state index in [4.69, 9.17) is 38.5 Å². The minimum atomic E-state index is -4.67. The summed E-state index contributed by atoms with van der Waals surface area (Å²) in [6.45, 7) is 0. The summed E-state index contributed by atoms with van der Waals surface area (Å²) in [6, 6.07) is 23.5. The summed E-state index contributed by atoms with van der Waals surface area (Å²) in [4.78, 5) is 0. The predicted octanol–water partition coefficient (Wildman–Crippen LogP) is 4.21. The number of nitrogen functional groups attached to an aromatic ring is 2. The van der Waals surface area contributed by atoms with Crippen LogP contribution in [0.1, 0.15) is 0 Å². The fraction of sp³-hybridized carbons (Fsp3) is 0.0909. The molecule has 0 spiro atoms. The standard InChI is InChI=1S/2C11H11NO.H2O4S/c2*1-13-9-5-6-10-8(7-9)3-2-4-11(10)12;1-5(2,3)4/h2*2-7H,12H2,1H3;(H2,1,2,3,4). The number of anilines is 2. The molecule has 0 aliphatic carbocycles. The highest BCUT2D eigenvalue weighted by molar-refractivity contribution is 7.79. The van der Waals surface area contributed by atoms with E-state index >= 15 is 0 Å². The van der Waals surface area contributed by atoms with E-state index in [0.717, 1.165) is 44.4 Å². The predicted molar refractivity (Wildman–Crippen MR) is 124 cm³/mol. The van der Waals surface area contributed by atoms with Gasteiger partial charge in [-0.15, -0.1) is 0 Å². The fourth-order valence-corrected chi connectivity index (χ4v) is 2.83. The van der Waals surface area contributed by atoms with Crippen molar-refractivity contribution in [3.63, 3.8) is 0 Å². The van der Waals surface area contributed by atoms with Gasteiger partial charge in [-0.25, -0.2) is 0 Å². The second-order valence-electron chi connectivity index (χ2n) is 6.32. The van der Waals surface area contributed by atoms with Crippen molar-refractivity contribution < 1.29 is 27.0 Å². The van der Waals surface area contributed by atoms with Crippen LogP contribution in [0.2, 0.25) is 0 Å². The first-order valence-electron chi connectivity index (χ1n) is 8.96. The third-order valence-electron chi connectivity index (χ3n) is 4.24. The number of fused-ring (bicyclic) bond motifs is 2. The van der Waals surface area contributed by atoms with E-state index in [9.17, 15) is 0 Å². The van der Waals surface area contributed by atoms with Crippen molar-refractivity contribution in [2.24, 2.45) is 0 Å². The lowest BCUT2D eigenvalue weighted by atomic mass is 10.1. The molecule has 0 bridgehead atoms. The third kappa shape index (κ3) is 7.34. The van der Waals surface area contributed by atoms with E-state index in [1.165, 1.54) is 0 Å². The Bertz CT molecular complexity index is 1180.